The van der Waals surface area contributed by atoms with E-state index in [1.807, 2.05) is 37.3 Å². The van der Waals surface area contributed by atoms with E-state index in [9.17, 15) is 9.59 Å². The van der Waals surface area contributed by atoms with Crippen molar-refractivity contribution in [1.82, 2.24) is 14.8 Å². The molecule has 0 radical (unpaired) electrons. The summed E-state index contributed by atoms with van der Waals surface area (Å²) in [5.41, 5.74) is 2.85. The molecule has 2 amide bonds. The predicted molar refractivity (Wildman–Crippen MR) is 119 cm³/mol. The predicted octanol–water partition coefficient (Wildman–Crippen LogP) is 3.17. The molecule has 0 bridgehead atoms. The molecule has 1 aromatic heterocycles. The average molecular weight is 422 g/mol. The number of likely N-dealkylation sites (tertiary alicyclic amines) is 1. The Hall–Kier alpha value is -2.73. The first-order chi connectivity index (χ1) is 15.0. The molecule has 164 valence electrons. The van der Waals surface area contributed by atoms with E-state index in [4.69, 9.17) is 4.74 Å². The topological polar surface area (TPSA) is 62.7 Å². The summed E-state index contributed by atoms with van der Waals surface area (Å²) in [6.07, 6.45) is 7.11. The number of carbonyl (C=O) groups excluding carboxylic acids is 2. The summed E-state index contributed by atoms with van der Waals surface area (Å²) in [6, 6.07) is 12.4. The van der Waals surface area contributed by atoms with Gasteiger partial charge in [0.15, 0.2) is 0 Å². The molecule has 0 aliphatic carbocycles. The molecule has 6 heteroatoms. The minimum atomic E-state index is -0.480. The summed E-state index contributed by atoms with van der Waals surface area (Å²) in [7, 11) is 3.64. The van der Waals surface area contributed by atoms with E-state index < -0.39 is 5.41 Å². The molecule has 2 aliphatic heterocycles. The van der Waals surface area contributed by atoms with Crippen molar-refractivity contribution in [2.75, 3.05) is 33.8 Å². The summed E-state index contributed by atoms with van der Waals surface area (Å²) in [6.45, 7) is 1.88. The van der Waals surface area contributed by atoms with Crippen molar-refractivity contribution < 1.29 is 14.3 Å². The zero-order valence-corrected chi connectivity index (χ0v) is 18.4. The van der Waals surface area contributed by atoms with Gasteiger partial charge in [-0.2, -0.15) is 0 Å². The number of aromatic nitrogens is 1. The van der Waals surface area contributed by atoms with E-state index in [0.717, 1.165) is 29.5 Å². The molecular weight excluding hydrogens is 390 g/mol. The number of ether oxygens (including phenoxy) is 1. The smallest absolute Gasteiger partial charge is 0.251 e. The van der Waals surface area contributed by atoms with Gasteiger partial charge in [0, 0.05) is 46.2 Å². The van der Waals surface area contributed by atoms with Crippen LogP contribution < -0.4 is 0 Å². The second kappa shape index (κ2) is 9.18. The van der Waals surface area contributed by atoms with E-state index in [1.54, 1.807) is 11.1 Å². The Morgan fingerprint density at radius 1 is 1.13 bits per heavy atom. The van der Waals surface area contributed by atoms with Crippen LogP contribution in [-0.2, 0) is 20.7 Å². The Kier molecular flexibility index (Phi) is 6.37. The van der Waals surface area contributed by atoms with Crippen molar-refractivity contribution in [3.8, 4) is 11.1 Å². The molecule has 3 heterocycles. The van der Waals surface area contributed by atoms with Crippen LogP contribution in [0.15, 0.2) is 48.8 Å². The fourth-order valence-electron chi connectivity index (χ4n) is 4.81. The zero-order chi connectivity index (χ0) is 21.8. The highest BCUT2D eigenvalue weighted by molar-refractivity contribution is 5.84. The normalized spacial score (nSPS) is 20.5. The Labute approximate surface area is 184 Å². The molecule has 0 saturated carbocycles. The molecule has 0 spiro atoms. The van der Waals surface area contributed by atoms with Crippen molar-refractivity contribution in [3.63, 3.8) is 0 Å². The van der Waals surface area contributed by atoms with Crippen LogP contribution in [0.5, 0.6) is 0 Å². The maximum Gasteiger partial charge on any atom is 0.251 e. The first-order valence-electron chi connectivity index (χ1n) is 11.1. The van der Waals surface area contributed by atoms with Gasteiger partial charge in [-0.15, -0.1) is 0 Å². The number of hydrogen-bond acceptors (Lipinski definition) is 4. The van der Waals surface area contributed by atoms with E-state index in [2.05, 4.69) is 29.2 Å². The monoisotopic (exact) mass is 421 g/mol. The third-order valence-electron chi connectivity index (χ3n) is 6.59. The van der Waals surface area contributed by atoms with Gasteiger partial charge in [-0.25, -0.2) is 0 Å². The molecular formula is C25H31N3O3. The Bertz CT molecular complexity index is 897. The largest absolute Gasteiger partial charge is 0.368 e. The third kappa shape index (κ3) is 4.64. The first kappa shape index (κ1) is 21.5. The minimum Gasteiger partial charge on any atom is -0.368 e. The van der Waals surface area contributed by atoms with E-state index in [1.165, 1.54) is 0 Å². The summed E-state index contributed by atoms with van der Waals surface area (Å²) >= 11 is 0. The first-order valence-corrected chi connectivity index (χ1v) is 11.1. The molecule has 1 atom stereocenters. The number of nitrogens with zero attached hydrogens (tertiary/aromatic N) is 3. The maximum absolute atomic E-state index is 13.2. The van der Waals surface area contributed by atoms with Gasteiger partial charge in [0.1, 0.15) is 6.10 Å². The Morgan fingerprint density at radius 3 is 2.45 bits per heavy atom. The molecule has 2 fully saturated rings. The van der Waals surface area contributed by atoms with Gasteiger partial charge in [0.25, 0.3) is 5.91 Å². The van der Waals surface area contributed by atoms with Crippen LogP contribution >= 0.6 is 0 Å². The highest BCUT2D eigenvalue weighted by Gasteiger charge is 2.44. The number of amides is 2. The highest BCUT2D eigenvalue weighted by Crippen LogP contribution is 2.38. The van der Waals surface area contributed by atoms with Crippen LogP contribution in [0.4, 0.5) is 0 Å². The summed E-state index contributed by atoms with van der Waals surface area (Å²) in [5.74, 6) is 0.234. The fourth-order valence-corrected chi connectivity index (χ4v) is 4.81. The lowest BCUT2D eigenvalue weighted by Crippen LogP contribution is -2.52. The van der Waals surface area contributed by atoms with Crippen LogP contribution in [0.1, 0.15) is 31.2 Å². The van der Waals surface area contributed by atoms with Gasteiger partial charge in [0.2, 0.25) is 5.91 Å². The molecule has 1 aromatic carbocycles. The molecule has 2 aliphatic rings. The van der Waals surface area contributed by atoms with Gasteiger partial charge in [0.05, 0.1) is 5.41 Å². The lowest BCUT2D eigenvalue weighted by Gasteiger charge is -2.42. The maximum atomic E-state index is 13.2. The molecule has 2 saturated heterocycles. The van der Waals surface area contributed by atoms with Crippen LogP contribution in [-0.4, -0.2) is 66.5 Å². The minimum absolute atomic E-state index is 0.0872. The number of pyridine rings is 1. The number of benzene rings is 1. The second-order valence-electron chi connectivity index (χ2n) is 8.92. The number of carbonyl (C=O) groups is 2. The quantitative estimate of drug-likeness (QED) is 0.744. The zero-order valence-electron chi connectivity index (χ0n) is 18.4. The van der Waals surface area contributed by atoms with Crippen molar-refractivity contribution in [2.45, 2.75) is 38.2 Å². The molecule has 6 nitrogen and oxygen atoms in total. The van der Waals surface area contributed by atoms with E-state index >= 15 is 0 Å². The van der Waals surface area contributed by atoms with Crippen molar-refractivity contribution >= 4 is 11.8 Å². The molecule has 2 aromatic rings. The van der Waals surface area contributed by atoms with Crippen LogP contribution in [0.3, 0.4) is 0 Å². The van der Waals surface area contributed by atoms with Gasteiger partial charge in [-0.1, -0.05) is 30.3 Å². The Balaban J connectivity index is 1.48. The fraction of sp³-hybridized carbons (Fsp3) is 0.480. The van der Waals surface area contributed by atoms with Crippen molar-refractivity contribution in [2.24, 2.45) is 5.41 Å². The lowest BCUT2D eigenvalue weighted by atomic mass is 9.72. The SMILES string of the molecule is CN(C)C(=O)C1(Cc2ccc(-c3cccnc3)cc2)CCN(C(=O)[C@H]2CCCO2)CC1. The highest BCUT2D eigenvalue weighted by atomic mass is 16.5. The number of rotatable bonds is 5. The number of hydrogen-bond donors (Lipinski definition) is 0. The second-order valence-corrected chi connectivity index (χ2v) is 8.92. The molecule has 0 unspecified atom stereocenters. The average Bonchev–Trinajstić information content (AvgIpc) is 3.35. The van der Waals surface area contributed by atoms with Crippen molar-refractivity contribution in [1.29, 1.82) is 0 Å². The third-order valence-corrected chi connectivity index (χ3v) is 6.59. The summed E-state index contributed by atoms with van der Waals surface area (Å²) < 4.78 is 5.58. The summed E-state index contributed by atoms with van der Waals surface area (Å²) in [4.78, 5) is 33.8. The molecule has 31 heavy (non-hydrogen) atoms. The van der Waals surface area contributed by atoms with E-state index in [-0.39, 0.29) is 17.9 Å². The van der Waals surface area contributed by atoms with E-state index in [0.29, 0.717) is 39.0 Å². The van der Waals surface area contributed by atoms with Crippen LogP contribution in [0, 0.1) is 5.41 Å². The molecule has 0 N–H and O–H groups in total. The van der Waals surface area contributed by atoms with Gasteiger partial charge in [-0.3, -0.25) is 14.6 Å². The summed E-state index contributed by atoms with van der Waals surface area (Å²) in [5, 5.41) is 0. The van der Waals surface area contributed by atoms with Crippen LogP contribution in [0.25, 0.3) is 11.1 Å². The standard InChI is InChI=1S/C25H31N3O3/c1-27(2)24(30)25(11-14-28(15-12-25)23(29)22-6-4-16-31-22)17-19-7-9-20(10-8-19)21-5-3-13-26-18-21/h3,5,7-10,13,18,22H,4,6,11-12,14-17H2,1-2H3/t22-/m1/s1. The van der Waals surface area contributed by atoms with Gasteiger partial charge in [-0.05, 0) is 54.9 Å². The van der Waals surface area contributed by atoms with Gasteiger partial charge >= 0.3 is 0 Å². The molecule has 4 rings (SSSR count). The Morgan fingerprint density at radius 2 is 1.87 bits per heavy atom. The van der Waals surface area contributed by atoms with Crippen LogP contribution in [0.2, 0.25) is 0 Å². The van der Waals surface area contributed by atoms with Gasteiger partial charge < -0.3 is 14.5 Å². The van der Waals surface area contributed by atoms with Crippen molar-refractivity contribution in [3.05, 3.63) is 54.4 Å². The lowest BCUT2D eigenvalue weighted by molar-refractivity contribution is -0.150. The number of piperidine rings is 1.